The zero-order chi connectivity index (χ0) is 11.4. The first-order valence-corrected chi connectivity index (χ1v) is 4.16. The molecule has 0 aliphatic rings. The molecule has 0 saturated carbocycles. The molecule has 0 unspecified atom stereocenters. The van der Waals surface area contributed by atoms with Crippen molar-refractivity contribution in [2.24, 2.45) is 5.73 Å². The van der Waals surface area contributed by atoms with Gasteiger partial charge >= 0.3 is 5.69 Å². The highest BCUT2D eigenvalue weighted by atomic mass is 35.5. The van der Waals surface area contributed by atoms with Crippen LogP contribution in [0.25, 0.3) is 6.08 Å². The summed E-state index contributed by atoms with van der Waals surface area (Å²) in [5.74, 6) is -0.646. The lowest BCUT2D eigenvalue weighted by molar-refractivity contribution is -0.385. The first kappa shape index (κ1) is 11.1. The molecule has 0 aliphatic heterocycles. The van der Waals surface area contributed by atoms with Gasteiger partial charge in [0, 0.05) is 18.3 Å². The van der Waals surface area contributed by atoms with Crippen molar-refractivity contribution in [1.82, 2.24) is 4.98 Å². The summed E-state index contributed by atoms with van der Waals surface area (Å²) in [5.41, 5.74) is 4.93. The maximum absolute atomic E-state index is 10.5. The lowest BCUT2D eigenvalue weighted by atomic mass is 10.2. The van der Waals surface area contributed by atoms with E-state index in [4.69, 9.17) is 17.3 Å². The second-order valence-corrected chi connectivity index (χ2v) is 2.93. The Balaban J connectivity index is 3.08. The summed E-state index contributed by atoms with van der Waals surface area (Å²) < 4.78 is 0. The molecule has 0 atom stereocenters. The summed E-state index contributed by atoms with van der Waals surface area (Å²) in [4.78, 5) is 23.8. The van der Waals surface area contributed by atoms with Crippen molar-refractivity contribution in [1.29, 1.82) is 0 Å². The maximum atomic E-state index is 10.5. The normalized spacial score (nSPS) is 10.5. The van der Waals surface area contributed by atoms with E-state index < -0.39 is 10.8 Å². The average Bonchev–Trinajstić information content (AvgIpc) is 2.16. The Morgan fingerprint density at radius 3 is 2.87 bits per heavy atom. The van der Waals surface area contributed by atoms with Crippen LogP contribution in [0.15, 0.2) is 18.3 Å². The molecule has 0 aromatic carbocycles. The topological polar surface area (TPSA) is 99.1 Å². The highest BCUT2D eigenvalue weighted by Crippen LogP contribution is 2.22. The Bertz CT molecular complexity index is 445. The van der Waals surface area contributed by atoms with Crippen LogP contribution in [0.1, 0.15) is 5.56 Å². The van der Waals surface area contributed by atoms with Crippen LogP contribution in [0, 0.1) is 10.1 Å². The van der Waals surface area contributed by atoms with Crippen LogP contribution in [-0.4, -0.2) is 15.8 Å². The number of hydrogen-bond donors (Lipinski definition) is 1. The molecule has 0 radical (unpaired) electrons. The number of hydrogen-bond acceptors (Lipinski definition) is 4. The third-order valence-corrected chi connectivity index (χ3v) is 1.77. The van der Waals surface area contributed by atoms with Gasteiger partial charge in [0.2, 0.25) is 11.1 Å². The summed E-state index contributed by atoms with van der Waals surface area (Å²) in [6.07, 6.45) is 3.70. The highest BCUT2D eigenvalue weighted by molar-refractivity contribution is 6.31. The van der Waals surface area contributed by atoms with Crippen LogP contribution in [0.3, 0.4) is 0 Å². The molecule has 1 heterocycles. The fourth-order valence-electron chi connectivity index (χ4n) is 0.850. The molecule has 2 N–H and O–H groups in total. The largest absolute Gasteiger partial charge is 0.366 e. The van der Waals surface area contributed by atoms with E-state index in [2.05, 4.69) is 4.98 Å². The van der Waals surface area contributed by atoms with E-state index in [0.717, 1.165) is 6.08 Å². The van der Waals surface area contributed by atoms with E-state index in [-0.39, 0.29) is 10.8 Å². The Morgan fingerprint density at radius 2 is 2.33 bits per heavy atom. The van der Waals surface area contributed by atoms with Gasteiger partial charge in [0.05, 0.1) is 4.92 Å². The lowest BCUT2D eigenvalue weighted by Gasteiger charge is -1.95. The summed E-state index contributed by atoms with van der Waals surface area (Å²) in [5, 5.41) is 10.3. The summed E-state index contributed by atoms with van der Waals surface area (Å²) in [6.45, 7) is 0. The number of carbonyl (C=O) groups is 1. The fraction of sp³-hybridized carbons (Fsp3) is 0. The van der Waals surface area contributed by atoms with Crippen molar-refractivity contribution in [3.63, 3.8) is 0 Å². The minimum atomic E-state index is -0.656. The molecule has 0 spiro atoms. The van der Waals surface area contributed by atoms with Gasteiger partial charge in [-0.1, -0.05) is 11.6 Å². The Morgan fingerprint density at radius 1 is 1.67 bits per heavy atom. The molecule has 1 aromatic rings. The molecular formula is C8H6ClN3O3. The van der Waals surface area contributed by atoms with Gasteiger partial charge in [0.1, 0.15) is 0 Å². The minimum Gasteiger partial charge on any atom is -0.366 e. The maximum Gasteiger partial charge on any atom is 0.307 e. The van der Waals surface area contributed by atoms with Gasteiger partial charge in [0.25, 0.3) is 0 Å². The number of rotatable bonds is 3. The molecular weight excluding hydrogens is 222 g/mol. The van der Waals surface area contributed by atoms with Gasteiger partial charge in [-0.15, -0.1) is 0 Å². The summed E-state index contributed by atoms with van der Waals surface area (Å²) >= 11 is 5.49. The number of carbonyl (C=O) groups excluding carboxylic acids is 1. The molecule has 6 nitrogen and oxygen atoms in total. The van der Waals surface area contributed by atoms with Crippen LogP contribution in [-0.2, 0) is 4.79 Å². The van der Waals surface area contributed by atoms with Crippen molar-refractivity contribution >= 4 is 29.3 Å². The zero-order valence-corrected chi connectivity index (χ0v) is 8.14. The van der Waals surface area contributed by atoms with Gasteiger partial charge < -0.3 is 5.73 Å². The Kier molecular flexibility index (Phi) is 3.35. The van der Waals surface area contributed by atoms with Gasteiger partial charge in [-0.2, -0.15) is 0 Å². The third kappa shape index (κ3) is 3.03. The number of nitro groups is 1. The first-order chi connectivity index (χ1) is 7.00. The molecule has 0 bridgehead atoms. The standard InChI is InChI=1S/C8H6ClN3O3/c9-8-6(12(14)15)3-5(4-11-8)1-2-7(10)13/h1-4H,(H2,10,13). The molecule has 7 heteroatoms. The van der Waals surface area contributed by atoms with E-state index in [0.29, 0.717) is 5.56 Å². The van der Waals surface area contributed by atoms with Crippen LogP contribution in [0.2, 0.25) is 5.15 Å². The van der Waals surface area contributed by atoms with Crippen molar-refractivity contribution in [2.45, 2.75) is 0 Å². The Hall–Kier alpha value is -1.95. The number of primary amides is 1. The van der Waals surface area contributed by atoms with Gasteiger partial charge in [-0.05, 0) is 11.6 Å². The van der Waals surface area contributed by atoms with Crippen LogP contribution in [0.5, 0.6) is 0 Å². The molecule has 0 aliphatic carbocycles. The predicted molar refractivity (Wildman–Crippen MR) is 54.1 cm³/mol. The van der Waals surface area contributed by atoms with Crippen molar-refractivity contribution < 1.29 is 9.72 Å². The van der Waals surface area contributed by atoms with Crippen molar-refractivity contribution in [2.75, 3.05) is 0 Å². The van der Waals surface area contributed by atoms with E-state index in [1.807, 2.05) is 0 Å². The fourth-order valence-corrected chi connectivity index (χ4v) is 1.02. The number of aromatic nitrogens is 1. The lowest BCUT2D eigenvalue weighted by Crippen LogP contribution is -2.05. The number of amides is 1. The molecule has 15 heavy (non-hydrogen) atoms. The number of pyridine rings is 1. The second kappa shape index (κ2) is 4.52. The molecule has 78 valence electrons. The van der Waals surface area contributed by atoms with Crippen LogP contribution >= 0.6 is 11.6 Å². The van der Waals surface area contributed by atoms with Crippen molar-refractivity contribution in [3.05, 3.63) is 39.2 Å². The summed E-state index contributed by atoms with van der Waals surface area (Å²) in [7, 11) is 0. The molecule has 1 amide bonds. The minimum absolute atomic E-state index is 0.198. The summed E-state index contributed by atoms with van der Waals surface area (Å²) in [6, 6.07) is 1.20. The molecule has 1 aromatic heterocycles. The first-order valence-electron chi connectivity index (χ1n) is 3.78. The zero-order valence-electron chi connectivity index (χ0n) is 7.38. The van der Waals surface area contributed by atoms with Crippen LogP contribution < -0.4 is 5.73 Å². The molecule has 1 rings (SSSR count). The average molecular weight is 228 g/mol. The van der Waals surface area contributed by atoms with E-state index in [1.165, 1.54) is 18.3 Å². The van der Waals surface area contributed by atoms with Crippen molar-refractivity contribution in [3.8, 4) is 0 Å². The van der Waals surface area contributed by atoms with Crippen LogP contribution in [0.4, 0.5) is 5.69 Å². The number of halogens is 1. The second-order valence-electron chi connectivity index (χ2n) is 2.57. The van der Waals surface area contributed by atoms with E-state index in [9.17, 15) is 14.9 Å². The molecule has 0 fully saturated rings. The van der Waals surface area contributed by atoms with E-state index in [1.54, 1.807) is 0 Å². The number of nitrogens with zero attached hydrogens (tertiary/aromatic N) is 2. The smallest absolute Gasteiger partial charge is 0.307 e. The third-order valence-electron chi connectivity index (χ3n) is 1.48. The quantitative estimate of drug-likeness (QED) is 0.362. The molecule has 0 saturated heterocycles. The van der Waals surface area contributed by atoms with E-state index >= 15 is 0 Å². The highest BCUT2D eigenvalue weighted by Gasteiger charge is 2.13. The van der Waals surface area contributed by atoms with Gasteiger partial charge in [-0.3, -0.25) is 14.9 Å². The Labute approximate surface area is 89.5 Å². The SMILES string of the molecule is NC(=O)C=Cc1cnc(Cl)c([N+](=O)[O-])c1. The number of nitrogens with two attached hydrogens (primary N) is 1. The van der Waals surface area contributed by atoms with Gasteiger partial charge in [0.15, 0.2) is 0 Å². The predicted octanol–water partition coefficient (Wildman–Crippen LogP) is 1.14. The van der Waals surface area contributed by atoms with Gasteiger partial charge in [-0.25, -0.2) is 4.98 Å². The monoisotopic (exact) mass is 227 g/mol.